The van der Waals surface area contributed by atoms with Gasteiger partial charge < -0.3 is 9.73 Å². The Hall–Kier alpha value is -3.40. The second-order valence-electron chi connectivity index (χ2n) is 6.80. The lowest BCUT2D eigenvalue weighted by molar-refractivity contribution is 0.102. The number of nitrogens with one attached hydrogen (secondary N) is 1. The maximum absolute atomic E-state index is 12.5. The van der Waals surface area contributed by atoms with Gasteiger partial charge >= 0.3 is 0 Å². The van der Waals surface area contributed by atoms with Crippen LogP contribution in [-0.4, -0.2) is 10.9 Å². The highest BCUT2D eigenvalue weighted by Crippen LogP contribution is 2.26. The molecule has 1 amide bonds. The van der Waals surface area contributed by atoms with Gasteiger partial charge in [-0.2, -0.15) is 0 Å². The molecule has 0 aliphatic heterocycles. The lowest BCUT2D eigenvalue weighted by Gasteiger charge is -2.08. The number of amides is 1. The molecule has 4 heteroatoms. The largest absolute Gasteiger partial charge is 0.436 e. The van der Waals surface area contributed by atoms with Gasteiger partial charge in [-0.05, 0) is 53.9 Å². The summed E-state index contributed by atoms with van der Waals surface area (Å²) in [4.78, 5) is 17.0. The lowest BCUT2D eigenvalue weighted by Crippen LogP contribution is -2.11. The summed E-state index contributed by atoms with van der Waals surface area (Å²) in [5.74, 6) is 0.837. The van der Waals surface area contributed by atoms with E-state index in [-0.39, 0.29) is 5.91 Å². The molecule has 3 aromatic carbocycles. The fraction of sp³-hybridized carbons (Fsp3) is 0.130. The van der Waals surface area contributed by atoms with E-state index in [1.165, 1.54) is 5.56 Å². The Kier molecular flexibility index (Phi) is 4.47. The molecule has 0 aliphatic rings. The molecule has 0 unspecified atom stereocenters. The number of rotatable bonds is 4. The van der Waals surface area contributed by atoms with Crippen LogP contribution in [0.25, 0.3) is 22.6 Å². The Morgan fingerprint density at radius 3 is 2.48 bits per heavy atom. The third-order valence-corrected chi connectivity index (χ3v) is 4.50. The van der Waals surface area contributed by atoms with Gasteiger partial charge in [-0.25, -0.2) is 4.98 Å². The van der Waals surface area contributed by atoms with Crippen molar-refractivity contribution in [2.45, 2.75) is 19.8 Å². The number of hydrogen-bond acceptors (Lipinski definition) is 3. The summed E-state index contributed by atoms with van der Waals surface area (Å²) in [6, 6.07) is 22.9. The van der Waals surface area contributed by atoms with E-state index in [0.29, 0.717) is 23.1 Å². The number of carbonyl (C=O) groups excluding carboxylic acids is 1. The van der Waals surface area contributed by atoms with E-state index < -0.39 is 0 Å². The van der Waals surface area contributed by atoms with E-state index in [2.05, 4.69) is 24.1 Å². The maximum Gasteiger partial charge on any atom is 0.255 e. The predicted molar refractivity (Wildman–Crippen MR) is 108 cm³/mol. The first-order valence-electron chi connectivity index (χ1n) is 8.97. The van der Waals surface area contributed by atoms with Gasteiger partial charge in [0.2, 0.25) is 5.89 Å². The Balaban J connectivity index is 1.56. The molecule has 1 heterocycles. The minimum atomic E-state index is -0.139. The van der Waals surface area contributed by atoms with Crippen molar-refractivity contribution in [2.75, 3.05) is 5.32 Å². The first kappa shape index (κ1) is 17.0. The summed E-state index contributed by atoms with van der Waals surface area (Å²) >= 11 is 0. The van der Waals surface area contributed by atoms with Crippen LogP contribution in [0.5, 0.6) is 0 Å². The van der Waals surface area contributed by atoms with Crippen LogP contribution in [0.3, 0.4) is 0 Å². The van der Waals surface area contributed by atoms with Gasteiger partial charge in [0.25, 0.3) is 5.91 Å². The highest BCUT2D eigenvalue weighted by molar-refractivity contribution is 6.04. The van der Waals surface area contributed by atoms with Crippen LogP contribution in [0.2, 0.25) is 0 Å². The van der Waals surface area contributed by atoms with Gasteiger partial charge in [-0.15, -0.1) is 0 Å². The molecule has 0 fully saturated rings. The van der Waals surface area contributed by atoms with Crippen LogP contribution in [0.1, 0.15) is 35.7 Å². The predicted octanol–water partition coefficient (Wildman–Crippen LogP) is 5.87. The van der Waals surface area contributed by atoms with Crippen LogP contribution < -0.4 is 5.32 Å². The van der Waals surface area contributed by atoms with Crippen molar-refractivity contribution in [2.24, 2.45) is 0 Å². The highest BCUT2D eigenvalue weighted by Gasteiger charge is 2.11. The molecule has 1 aromatic heterocycles. The van der Waals surface area contributed by atoms with Gasteiger partial charge in [0.1, 0.15) is 5.52 Å². The Morgan fingerprint density at radius 2 is 1.74 bits per heavy atom. The first-order chi connectivity index (χ1) is 13.1. The molecule has 1 N–H and O–H groups in total. The molecule has 4 aromatic rings. The molecule has 0 aliphatic carbocycles. The van der Waals surface area contributed by atoms with E-state index in [9.17, 15) is 4.79 Å². The Morgan fingerprint density at radius 1 is 0.963 bits per heavy atom. The standard InChI is InChI=1S/C23H20N2O2/c1-15(2)16-10-12-17(13-11-16)22(26)24-19-7-5-6-18(14-19)23-25-20-8-3-4-9-21(20)27-23/h3-15H,1-2H3,(H,24,26). The number of oxazole rings is 1. The van der Waals surface area contributed by atoms with Crippen LogP contribution in [-0.2, 0) is 0 Å². The molecule has 0 atom stereocenters. The maximum atomic E-state index is 12.5. The molecule has 134 valence electrons. The monoisotopic (exact) mass is 356 g/mol. The number of benzene rings is 3. The topological polar surface area (TPSA) is 55.1 Å². The molecule has 4 nitrogen and oxygen atoms in total. The summed E-state index contributed by atoms with van der Waals surface area (Å²) < 4.78 is 5.81. The minimum Gasteiger partial charge on any atom is -0.436 e. The summed E-state index contributed by atoms with van der Waals surface area (Å²) in [6.45, 7) is 4.26. The van der Waals surface area contributed by atoms with Gasteiger partial charge in [0, 0.05) is 16.8 Å². The zero-order valence-corrected chi connectivity index (χ0v) is 15.3. The Labute approximate surface area is 157 Å². The molecular weight excluding hydrogens is 336 g/mol. The number of anilines is 1. The fourth-order valence-corrected chi connectivity index (χ4v) is 2.95. The molecule has 0 radical (unpaired) electrons. The number of carbonyl (C=O) groups is 1. The fourth-order valence-electron chi connectivity index (χ4n) is 2.95. The smallest absolute Gasteiger partial charge is 0.255 e. The van der Waals surface area contributed by atoms with Crippen molar-refractivity contribution in [1.82, 2.24) is 4.98 Å². The van der Waals surface area contributed by atoms with Crippen molar-refractivity contribution in [3.63, 3.8) is 0 Å². The lowest BCUT2D eigenvalue weighted by atomic mass is 10.0. The highest BCUT2D eigenvalue weighted by atomic mass is 16.3. The quantitative estimate of drug-likeness (QED) is 0.497. The van der Waals surface area contributed by atoms with E-state index in [4.69, 9.17) is 4.42 Å². The third-order valence-electron chi connectivity index (χ3n) is 4.50. The van der Waals surface area contributed by atoms with Crippen molar-refractivity contribution in [3.05, 3.63) is 83.9 Å². The van der Waals surface area contributed by atoms with Gasteiger partial charge in [0.05, 0.1) is 0 Å². The zero-order chi connectivity index (χ0) is 18.8. The van der Waals surface area contributed by atoms with E-state index in [0.717, 1.165) is 16.7 Å². The second-order valence-corrected chi connectivity index (χ2v) is 6.80. The van der Waals surface area contributed by atoms with E-state index >= 15 is 0 Å². The van der Waals surface area contributed by atoms with Crippen LogP contribution >= 0.6 is 0 Å². The average Bonchev–Trinajstić information content (AvgIpc) is 3.12. The van der Waals surface area contributed by atoms with Crippen molar-refractivity contribution in [3.8, 4) is 11.5 Å². The van der Waals surface area contributed by atoms with Gasteiger partial charge in [-0.3, -0.25) is 4.79 Å². The number of aromatic nitrogens is 1. The summed E-state index contributed by atoms with van der Waals surface area (Å²) in [7, 11) is 0. The summed E-state index contributed by atoms with van der Waals surface area (Å²) in [5, 5.41) is 2.94. The zero-order valence-electron chi connectivity index (χ0n) is 15.3. The SMILES string of the molecule is CC(C)c1ccc(C(=O)Nc2cccc(-c3nc4ccccc4o3)c2)cc1. The van der Waals surface area contributed by atoms with Gasteiger partial charge in [-0.1, -0.05) is 44.2 Å². The van der Waals surface area contributed by atoms with Crippen LogP contribution in [0.4, 0.5) is 5.69 Å². The van der Waals surface area contributed by atoms with Crippen LogP contribution in [0, 0.1) is 0 Å². The third kappa shape index (κ3) is 3.60. The second kappa shape index (κ2) is 7.08. The number of para-hydroxylation sites is 2. The summed E-state index contributed by atoms with van der Waals surface area (Å²) in [5.41, 5.74) is 4.92. The van der Waals surface area contributed by atoms with Crippen molar-refractivity contribution < 1.29 is 9.21 Å². The van der Waals surface area contributed by atoms with Crippen molar-refractivity contribution in [1.29, 1.82) is 0 Å². The molecular formula is C23H20N2O2. The number of hydrogen-bond donors (Lipinski definition) is 1. The van der Waals surface area contributed by atoms with Crippen molar-refractivity contribution >= 4 is 22.7 Å². The van der Waals surface area contributed by atoms with E-state index in [1.54, 1.807) is 0 Å². The molecule has 27 heavy (non-hydrogen) atoms. The normalized spacial score (nSPS) is 11.1. The molecule has 0 saturated carbocycles. The summed E-state index contributed by atoms with van der Waals surface area (Å²) in [6.07, 6.45) is 0. The number of nitrogens with zero attached hydrogens (tertiary/aromatic N) is 1. The minimum absolute atomic E-state index is 0.139. The molecule has 4 rings (SSSR count). The first-order valence-corrected chi connectivity index (χ1v) is 8.97. The van der Waals surface area contributed by atoms with E-state index in [1.807, 2.05) is 72.8 Å². The molecule has 0 spiro atoms. The average molecular weight is 356 g/mol. The molecule has 0 bridgehead atoms. The number of fused-ring (bicyclic) bond motifs is 1. The van der Waals surface area contributed by atoms with Gasteiger partial charge in [0.15, 0.2) is 5.58 Å². The van der Waals surface area contributed by atoms with Crippen LogP contribution in [0.15, 0.2) is 77.2 Å². The Bertz CT molecular complexity index is 1060. The molecule has 0 saturated heterocycles.